The second-order valence-electron chi connectivity index (χ2n) is 5.18. The van der Waals surface area contributed by atoms with Crippen LogP contribution in [0.1, 0.15) is 32.1 Å². The second-order valence-corrected chi connectivity index (χ2v) is 5.18. The maximum absolute atomic E-state index is 5.89. The summed E-state index contributed by atoms with van der Waals surface area (Å²) in [6, 6.07) is 1.44. The maximum Gasteiger partial charge on any atom is 0.0349 e. The van der Waals surface area contributed by atoms with Gasteiger partial charge in [0.25, 0.3) is 0 Å². The predicted molar refractivity (Wildman–Crippen MR) is 63.9 cm³/mol. The van der Waals surface area contributed by atoms with Crippen molar-refractivity contribution in [1.29, 1.82) is 0 Å². The fourth-order valence-electron chi connectivity index (χ4n) is 3.13. The van der Waals surface area contributed by atoms with Crippen LogP contribution in [0.15, 0.2) is 0 Å². The lowest BCUT2D eigenvalue weighted by Crippen LogP contribution is -2.58. The number of piperazine rings is 1. The van der Waals surface area contributed by atoms with Crippen LogP contribution in [0.4, 0.5) is 0 Å². The van der Waals surface area contributed by atoms with Gasteiger partial charge in [-0.1, -0.05) is 19.3 Å². The van der Waals surface area contributed by atoms with Gasteiger partial charge in [-0.3, -0.25) is 4.90 Å². The fourth-order valence-corrected chi connectivity index (χ4v) is 3.13. The molecule has 1 aliphatic carbocycles. The number of nitrogens with zero attached hydrogens (tertiary/aromatic N) is 2. The highest BCUT2D eigenvalue weighted by atomic mass is 15.3. The standard InChI is InChI=1S/C12H25N3/c1-14-7-8-15(12(9-13)10-14)11-5-3-2-4-6-11/h11-12H,2-10,13H2,1H3. The molecule has 1 saturated carbocycles. The van der Waals surface area contributed by atoms with Gasteiger partial charge in [0.05, 0.1) is 0 Å². The molecule has 0 aromatic heterocycles. The van der Waals surface area contributed by atoms with Crippen LogP contribution >= 0.6 is 0 Å². The summed E-state index contributed by atoms with van der Waals surface area (Å²) in [5.74, 6) is 0. The highest BCUT2D eigenvalue weighted by Crippen LogP contribution is 2.25. The van der Waals surface area contributed by atoms with Crippen LogP contribution in [0.3, 0.4) is 0 Å². The third-order valence-corrected chi connectivity index (χ3v) is 4.05. The first kappa shape index (κ1) is 11.4. The van der Waals surface area contributed by atoms with Crippen LogP contribution in [-0.2, 0) is 0 Å². The van der Waals surface area contributed by atoms with Gasteiger partial charge in [-0.15, -0.1) is 0 Å². The summed E-state index contributed by atoms with van der Waals surface area (Å²) in [5, 5.41) is 0. The summed E-state index contributed by atoms with van der Waals surface area (Å²) in [7, 11) is 2.21. The molecule has 15 heavy (non-hydrogen) atoms. The van der Waals surface area contributed by atoms with E-state index in [1.165, 1.54) is 45.2 Å². The molecule has 1 unspecified atom stereocenters. The summed E-state index contributed by atoms with van der Waals surface area (Å²) in [6.07, 6.45) is 7.10. The van der Waals surface area contributed by atoms with E-state index < -0.39 is 0 Å². The van der Waals surface area contributed by atoms with Crippen molar-refractivity contribution in [2.75, 3.05) is 33.2 Å². The first-order chi connectivity index (χ1) is 7.31. The average Bonchev–Trinajstić information content (AvgIpc) is 2.30. The van der Waals surface area contributed by atoms with Crippen molar-refractivity contribution in [1.82, 2.24) is 9.80 Å². The monoisotopic (exact) mass is 211 g/mol. The van der Waals surface area contributed by atoms with Gasteiger partial charge in [-0.25, -0.2) is 0 Å². The Morgan fingerprint density at radius 2 is 1.87 bits per heavy atom. The van der Waals surface area contributed by atoms with Gasteiger partial charge in [0.15, 0.2) is 0 Å². The molecule has 2 aliphatic rings. The van der Waals surface area contributed by atoms with Crippen LogP contribution < -0.4 is 5.73 Å². The summed E-state index contributed by atoms with van der Waals surface area (Å²) in [4.78, 5) is 5.11. The average molecular weight is 211 g/mol. The van der Waals surface area contributed by atoms with E-state index in [1.54, 1.807) is 0 Å². The van der Waals surface area contributed by atoms with Crippen molar-refractivity contribution in [2.45, 2.75) is 44.2 Å². The minimum absolute atomic E-state index is 0.604. The molecule has 1 heterocycles. The van der Waals surface area contributed by atoms with Crippen molar-refractivity contribution in [3.63, 3.8) is 0 Å². The Morgan fingerprint density at radius 3 is 2.53 bits per heavy atom. The number of hydrogen-bond donors (Lipinski definition) is 1. The molecule has 0 amide bonds. The Morgan fingerprint density at radius 1 is 1.13 bits per heavy atom. The molecule has 3 heteroatoms. The Balaban J connectivity index is 1.93. The first-order valence-corrected chi connectivity index (χ1v) is 6.45. The normalized spacial score (nSPS) is 32.0. The summed E-state index contributed by atoms with van der Waals surface area (Å²) in [6.45, 7) is 4.42. The lowest BCUT2D eigenvalue weighted by atomic mass is 9.92. The topological polar surface area (TPSA) is 32.5 Å². The smallest absolute Gasteiger partial charge is 0.0349 e. The van der Waals surface area contributed by atoms with Crippen molar-refractivity contribution in [3.8, 4) is 0 Å². The van der Waals surface area contributed by atoms with Crippen molar-refractivity contribution in [3.05, 3.63) is 0 Å². The molecule has 2 N–H and O–H groups in total. The van der Waals surface area contributed by atoms with Crippen LogP contribution in [0.5, 0.6) is 0 Å². The molecule has 1 atom stereocenters. The molecule has 2 rings (SSSR count). The first-order valence-electron chi connectivity index (χ1n) is 6.45. The number of rotatable bonds is 2. The Bertz CT molecular complexity index is 187. The molecule has 1 aliphatic heterocycles. The molecule has 0 radical (unpaired) electrons. The van der Waals surface area contributed by atoms with E-state index in [4.69, 9.17) is 5.73 Å². The molecule has 1 saturated heterocycles. The van der Waals surface area contributed by atoms with Gasteiger partial charge in [-0.2, -0.15) is 0 Å². The van der Waals surface area contributed by atoms with Gasteiger partial charge in [0.1, 0.15) is 0 Å². The van der Waals surface area contributed by atoms with E-state index in [0.717, 1.165) is 19.1 Å². The molecule has 88 valence electrons. The van der Waals surface area contributed by atoms with Crippen molar-refractivity contribution in [2.24, 2.45) is 5.73 Å². The van der Waals surface area contributed by atoms with Crippen LogP contribution in [0, 0.1) is 0 Å². The summed E-state index contributed by atoms with van der Waals surface area (Å²) < 4.78 is 0. The largest absolute Gasteiger partial charge is 0.329 e. The van der Waals surface area contributed by atoms with E-state index in [9.17, 15) is 0 Å². The molecule has 2 fully saturated rings. The molecule has 0 bridgehead atoms. The fraction of sp³-hybridized carbons (Fsp3) is 1.00. The molecule has 3 nitrogen and oxygen atoms in total. The Labute approximate surface area is 93.6 Å². The van der Waals surface area contributed by atoms with Crippen LogP contribution in [0.2, 0.25) is 0 Å². The molecular formula is C12H25N3. The number of hydrogen-bond acceptors (Lipinski definition) is 3. The second kappa shape index (κ2) is 5.28. The van der Waals surface area contributed by atoms with E-state index in [-0.39, 0.29) is 0 Å². The van der Waals surface area contributed by atoms with Gasteiger partial charge < -0.3 is 10.6 Å². The molecule has 0 aromatic carbocycles. The van der Waals surface area contributed by atoms with Gasteiger partial charge in [0.2, 0.25) is 0 Å². The highest BCUT2D eigenvalue weighted by molar-refractivity contribution is 4.87. The third kappa shape index (κ3) is 2.71. The van der Waals surface area contributed by atoms with Crippen molar-refractivity contribution < 1.29 is 0 Å². The Hall–Kier alpha value is -0.120. The maximum atomic E-state index is 5.89. The van der Waals surface area contributed by atoms with E-state index in [2.05, 4.69) is 16.8 Å². The SMILES string of the molecule is CN1CCN(C2CCCCC2)C(CN)C1. The molecule has 0 spiro atoms. The third-order valence-electron chi connectivity index (χ3n) is 4.05. The number of nitrogens with two attached hydrogens (primary N) is 1. The Kier molecular flexibility index (Phi) is 4.00. The van der Waals surface area contributed by atoms with Crippen LogP contribution in [0.25, 0.3) is 0 Å². The summed E-state index contributed by atoms with van der Waals surface area (Å²) >= 11 is 0. The lowest BCUT2D eigenvalue weighted by Gasteiger charge is -2.45. The minimum Gasteiger partial charge on any atom is -0.329 e. The zero-order valence-corrected chi connectivity index (χ0v) is 9.99. The zero-order chi connectivity index (χ0) is 10.7. The van der Waals surface area contributed by atoms with Crippen LogP contribution in [-0.4, -0.2) is 55.1 Å². The van der Waals surface area contributed by atoms with Gasteiger partial charge in [-0.05, 0) is 19.9 Å². The van der Waals surface area contributed by atoms with E-state index >= 15 is 0 Å². The predicted octanol–water partition coefficient (Wildman–Crippen LogP) is 0.894. The van der Waals surface area contributed by atoms with Gasteiger partial charge >= 0.3 is 0 Å². The van der Waals surface area contributed by atoms with Gasteiger partial charge in [0, 0.05) is 38.3 Å². The van der Waals surface area contributed by atoms with Crippen molar-refractivity contribution >= 4 is 0 Å². The molecular weight excluding hydrogens is 186 g/mol. The number of likely N-dealkylation sites (N-methyl/N-ethyl adjacent to an activating group) is 1. The lowest BCUT2D eigenvalue weighted by molar-refractivity contribution is 0.0412. The highest BCUT2D eigenvalue weighted by Gasteiger charge is 2.30. The summed E-state index contributed by atoms with van der Waals surface area (Å²) in [5.41, 5.74) is 5.89. The quantitative estimate of drug-likeness (QED) is 0.736. The van der Waals surface area contributed by atoms with E-state index in [0.29, 0.717) is 6.04 Å². The zero-order valence-electron chi connectivity index (χ0n) is 9.99. The minimum atomic E-state index is 0.604. The molecule has 0 aromatic rings. The van der Waals surface area contributed by atoms with E-state index in [1.807, 2.05) is 0 Å².